The molecule has 0 bridgehead atoms. The highest BCUT2D eigenvalue weighted by Gasteiger charge is 2.21. The standard InChI is InChI=1S/C12H18O6/c1-5-16-11(14)8(3)7-10(13)18-9(4)12(15)17-6-2/h9H,3,5-7H2,1-2,4H3. The van der Waals surface area contributed by atoms with Crippen LogP contribution in [0.5, 0.6) is 0 Å². The van der Waals surface area contributed by atoms with Gasteiger partial charge in [-0.05, 0) is 20.8 Å². The van der Waals surface area contributed by atoms with Gasteiger partial charge in [0.05, 0.1) is 19.6 Å². The minimum atomic E-state index is -1.01. The molecule has 0 saturated carbocycles. The van der Waals surface area contributed by atoms with E-state index in [2.05, 4.69) is 16.1 Å². The first-order valence-electron chi connectivity index (χ1n) is 5.63. The van der Waals surface area contributed by atoms with Gasteiger partial charge < -0.3 is 14.2 Å². The lowest BCUT2D eigenvalue weighted by molar-refractivity contribution is -0.166. The van der Waals surface area contributed by atoms with Crippen LogP contribution in [0.2, 0.25) is 0 Å². The van der Waals surface area contributed by atoms with Gasteiger partial charge in [-0.25, -0.2) is 9.59 Å². The second-order valence-electron chi connectivity index (χ2n) is 3.38. The average molecular weight is 258 g/mol. The number of carbonyl (C=O) groups excluding carboxylic acids is 3. The van der Waals surface area contributed by atoms with Crippen molar-refractivity contribution in [3.05, 3.63) is 12.2 Å². The molecule has 0 aromatic carbocycles. The Labute approximate surface area is 106 Å². The summed E-state index contributed by atoms with van der Waals surface area (Å²) in [5, 5.41) is 0. The Morgan fingerprint density at radius 3 is 2.17 bits per heavy atom. The molecule has 0 aliphatic heterocycles. The van der Waals surface area contributed by atoms with Gasteiger partial charge in [0.1, 0.15) is 0 Å². The summed E-state index contributed by atoms with van der Waals surface area (Å²) in [7, 11) is 0. The molecule has 0 radical (unpaired) electrons. The molecule has 0 amide bonds. The molecule has 0 rings (SSSR count). The van der Waals surface area contributed by atoms with Gasteiger partial charge in [0.2, 0.25) is 0 Å². The summed E-state index contributed by atoms with van der Waals surface area (Å²) in [6.45, 7) is 8.50. The van der Waals surface area contributed by atoms with E-state index in [0.29, 0.717) is 0 Å². The third-order valence-corrected chi connectivity index (χ3v) is 1.85. The molecule has 102 valence electrons. The van der Waals surface area contributed by atoms with Crippen LogP contribution in [0.3, 0.4) is 0 Å². The third kappa shape index (κ3) is 6.03. The summed E-state index contributed by atoms with van der Waals surface area (Å²) in [4.78, 5) is 33.7. The van der Waals surface area contributed by atoms with Crippen molar-refractivity contribution in [3.8, 4) is 0 Å². The first-order valence-corrected chi connectivity index (χ1v) is 5.63. The van der Waals surface area contributed by atoms with Crippen molar-refractivity contribution in [2.45, 2.75) is 33.3 Å². The average Bonchev–Trinajstić information content (AvgIpc) is 2.29. The zero-order chi connectivity index (χ0) is 14.1. The van der Waals surface area contributed by atoms with Gasteiger partial charge in [-0.2, -0.15) is 0 Å². The molecule has 0 saturated heterocycles. The van der Waals surface area contributed by atoms with Crippen LogP contribution in [-0.4, -0.2) is 37.2 Å². The smallest absolute Gasteiger partial charge is 0.347 e. The molecule has 0 aromatic rings. The van der Waals surface area contributed by atoms with E-state index < -0.39 is 24.0 Å². The highest BCUT2D eigenvalue weighted by molar-refractivity contribution is 5.93. The fourth-order valence-electron chi connectivity index (χ4n) is 1.03. The van der Waals surface area contributed by atoms with Gasteiger partial charge in [0.25, 0.3) is 0 Å². The number of esters is 3. The quantitative estimate of drug-likeness (QED) is 0.385. The molecule has 6 nitrogen and oxygen atoms in total. The lowest BCUT2D eigenvalue weighted by atomic mass is 10.2. The maximum Gasteiger partial charge on any atom is 0.347 e. The Hall–Kier alpha value is -1.85. The molecule has 0 N–H and O–H groups in total. The van der Waals surface area contributed by atoms with Crippen molar-refractivity contribution in [1.82, 2.24) is 0 Å². The number of ether oxygens (including phenoxy) is 3. The van der Waals surface area contributed by atoms with Gasteiger partial charge in [0.15, 0.2) is 6.10 Å². The number of rotatable bonds is 7. The van der Waals surface area contributed by atoms with E-state index in [1.165, 1.54) is 6.92 Å². The predicted octanol–water partition coefficient (Wildman–Crippen LogP) is 0.991. The van der Waals surface area contributed by atoms with Crippen LogP contribution >= 0.6 is 0 Å². The Bertz CT molecular complexity index is 333. The zero-order valence-electron chi connectivity index (χ0n) is 10.9. The number of hydrogen-bond acceptors (Lipinski definition) is 6. The second-order valence-corrected chi connectivity index (χ2v) is 3.38. The summed E-state index contributed by atoms with van der Waals surface area (Å²) in [6.07, 6.45) is -1.32. The van der Waals surface area contributed by atoms with Crippen LogP contribution in [0.4, 0.5) is 0 Å². The van der Waals surface area contributed by atoms with Gasteiger partial charge in [0, 0.05) is 5.57 Å². The molecule has 6 heteroatoms. The predicted molar refractivity (Wildman–Crippen MR) is 62.6 cm³/mol. The highest BCUT2D eigenvalue weighted by atomic mass is 16.6. The second kappa shape index (κ2) is 8.27. The van der Waals surface area contributed by atoms with Crippen LogP contribution in [0, 0.1) is 0 Å². The maximum atomic E-state index is 11.4. The largest absolute Gasteiger partial charge is 0.463 e. The molecule has 0 aliphatic rings. The van der Waals surface area contributed by atoms with Crippen molar-refractivity contribution >= 4 is 17.9 Å². The monoisotopic (exact) mass is 258 g/mol. The van der Waals surface area contributed by atoms with E-state index >= 15 is 0 Å². The summed E-state index contributed by atoms with van der Waals surface area (Å²) >= 11 is 0. The zero-order valence-corrected chi connectivity index (χ0v) is 10.9. The Balaban J connectivity index is 4.15. The molecule has 0 aliphatic carbocycles. The van der Waals surface area contributed by atoms with E-state index in [1.807, 2.05) is 0 Å². The van der Waals surface area contributed by atoms with Crippen molar-refractivity contribution in [1.29, 1.82) is 0 Å². The summed E-state index contributed by atoms with van der Waals surface area (Å²) < 4.78 is 14.1. The first kappa shape index (κ1) is 16.1. The lowest BCUT2D eigenvalue weighted by Crippen LogP contribution is -2.26. The highest BCUT2D eigenvalue weighted by Crippen LogP contribution is 2.05. The van der Waals surface area contributed by atoms with Crippen molar-refractivity contribution in [2.24, 2.45) is 0 Å². The van der Waals surface area contributed by atoms with E-state index in [1.54, 1.807) is 13.8 Å². The van der Waals surface area contributed by atoms with Gasteiger partial charge in [-0.15, -0.1) is 0 Å². The molecule has 18 heavy (non-hydrogen) atoms. The number of carbonyl (C=O) groups is 3. The molecular weight excluding hydrogens is 240 g/mol. The fraction of sp³-hybridized carbons (Fsp3) is 0.583. The Kier molecular flexibility index (Phi) is 7.42. The van der Waals surface area contributed by atoms with E-state index in [4.69, 9.17) is 4.74 Å². The summed E-state index contributed by atoms with van der Waals surface area (Å²) in [6, 6.07) is 0. The minimum Gasteiger partial charge on any atom is -0.463 e. The SMILES string of the molecule is C=C(CC(=O)OC(C)C(=O)OCC)C(=O)OCC. The van der Waals surface area contributed by atoms with Gasteiger partial charge >= 0.3 is 17.9 Å². The van der Waals surface area contributed by atoms with Crippen LogP contribution in [0.15, 0.2) is 12.2 Å². The summed E-state index contributed by atoms with van der Waals surface area (Å²) in [5.74, 6) is -2.01. The summed E-state index contributed by atoms with van der Waals surface area (Å²) in [5.41, 5.74) is -0.0158. The van der Waals surface area contributed by atoms with Crippen LogP contribution < -0.4 is 0 Å². The van der Waals surface area contributed by atoms with Crippen LogP contribution in [0.25, 0.3) is 0 Å². The number of hydrogen-bond donors (Lipinski definition) is 0. The third-order valence-electron chi connectivity index (χ3n) is 1.85. The van der Waals surface area contributed by atoms with Crippen molar-refractivity contribution in [3.63, 3.8) is 0 Å². The lowest BCUT2D eigenvalue weighted by Gasteiger charge is -2.12. The van der Waals surface area contributed by atoms with Crippen LogP contribution in [-0.2, 0) is 28.6 Å². The van der Waals surface area contributed by atoms with E-state index in [0.717, 1.165) is 0 Å². The molecule has 0 heterocycles. The van der Waals surface area contributed by atoms with Gasteiger partial charge in [-0.1, -0.05) is 6.58 Å². The topological polar surface area (TPSA) is 78.9 Å². The molecule has 1 atom stereocenters. The fourth-order valence-corrected chi connectivity index (χ4v) is 1.03. The molecule has 1 unspecified atom stereocenters. The maximum absolute atomic E-state index is 11.4. The van der Waals surface area contributed by atoms with Crippen LogP contribution in [0.1, 0.15) is 27.2 Å². The molecule has 0 aromatic heterocycles. The van der Waals surface area contributed by atoms with E-state index in [-0.39, 0.29) is 25.2 Å². The van der Waals surface area contributed by atoms with Gasteiger partial charge in [-0.3, -0.25) is 4.79 Å². The Morgan fingerprint density at radius 1 is 1.11 bits per heavy atom. The molecule has 0 fully saturated rings. The first-order chi connectivity index (χ1) is 8.42. The molecule has 0 spiro atoms. The van der Waals surface area contributed by atoms with Crippen molar-refractivity contribution in [2.75, 3.05) is 13.2 Å². The van der Waals surface area contributed by atoms with Crippen molar-refractivity contribution < 1.29 is 28.6 Å². The Morgan fingerprint density at radius 2 is 1.67 bits per heavy atom. The minimum absolute atomic E-state index is 0.0158. The molecular formula is C12H18O6. The normalized spacial score (nSPS) is 11.3. The van der Waals surface area contributed by atoms with E-state index in [9.17, 15) is 14.4 Å².